The molecule has 1 spiro atoms. The van der Waals surface area contributed by atoms with Crippen molar-refractivity contribution in [3.63, 3.8) is 0 Å². The van der Waals surface area contributed by atoms with Crippen LogP contribution in [0.2, 0.25) is 5.02 Å². The monoisotopic (exact) mass is 373 g/mol. The fourth-order valence-corrected chi connectivity index (χ4v) is 4.05. The first-order valence-corrected chi connectivity index (χ1v) is 8.67. The van der Waals surface area contributed by atoms with Gasteiger partial charge >= 0.3 is 0 Å². The number of rotatable bonds is 3. The van der Waals surface area contributed by atoms with Crippen molar-refractivity contribution in [3.05, 3.63) is 33.3 Å². The van der Waals surface area contributed by atoms with Crippen molar-refractivity contribution in [1.82, 2.24) is 4.90 Å². The van der Waals surface area contributed by atoms with Gasteiger partial charge < -0.3 is 9.47 Å². The van der Waals surface area contributed by atoms with Crippen LogP contribution in [0.1, 0.15) is 31.2 Å². The van der Waals surface area contributed by atoms with Gasteiger partial charge in [0, 0.05) is 34.9 Å². The van der Waals surface area contributed by atoms with Crippen LogP contribution in [0.3, 0.4) is 0 Å². The van der Waals surface area contributed by atoms with E-state index in [-0.39, 0.29) is 5.79 Å². The van der Waals surface area contributed by atoms with E-state index in [1.165, 1.54) is 5.56 Å². The summed E-state index contributed by atoms with van der Waals surface area (Å²) in [6.45, 7) is 2.37. The van der Waals surface area contributed by atoms with Crippen molar-refractivity contribution in [3.8, 4) is 0 Å². The second kappa shape index (κ2) is 6.55. The Labute approximate surface area is 139 Å². The number of halogens is 2. The Kier molecular flexibility index (Phi) is 4.91. The zero-order valence-corrected chi connectivity index (χ0v) is 14.6. The average Bonchev–Trinajstić information content (AvgIpc) is 2.91. The highest BCUT2D eigenvalue weighted by Crippen LogP contribution is 2.37. The first-order valence-electron chi connectivity index (χ1n) is 7.50. The lowest BCUT2D eigenvalue weighted by Crippen LogP contribution is -2.42. The Morgan fingerprint density at radius 1 is 1.29 bits per heavy atom. The zero-order valence-electron chi connectivity index (χ0n) is 12.3. The lowest BCUT2D eigenvalue weighted by molar-refractivity contribution is -0.183. The lowest BCUT2D eigenvalue weighted by Gasteiger charge is -2.39. The van der Waals surface area contributed by atoms with E-state index in [1.54, 1.807) is 0 Å². The van der Waals surface area contributed by atoms with Crippen molar-refractivity contribution in [2.45, 2.75) is 44.1 Å². The maximum absolute atomic E-state index is 6.31. The molecule has 0 radical (unpaired) electrons. The molecule has 2 aliphatic rings. The van der Waals surface area contributed by atoms with E-state index in [2.05, 4.69) is 33.9 Å². The number of hydrogen-bond donors (Lipinski definition) is 0. The van der Waals surface area contributed by atoms with Crippen LogP contribution >= 0.6 is 27.5 Å². The second-order valence-electron chi connectivity index (χ2n) is 5.99. The molecule has 0 aromatic heterocycles. The molecule has 5 heteroatoms. The predicted molar refractivity (Wildman–Crippen MR) is 87.5 cm³/mol. The van der Waals surface area contributed by atoms with Gasteiger partial charge in [-0.15, -0.1) is 0 Å². The van der Waals surface area contributed by atoms with Crippen LogP contribution in [-0.2, 0) is 16.0 Å². The molecule has 116 valence electrons. The molecular formula is C16H21BrClNO2. The van der Waals surface area contributed by atoms with Gasteiger partial charge in [-0.05, 0) is 37.6 Å². The normalized spacial score (nSPS) is 22.3. The Bertz CT molecular complexity index is 495. The molecule has 1 saturated heterocycles. The zero-order chi connectivity index (χ0) is 14.9. The standard InChI is InChI=1S/C16H21BrClNO2/c1-19(11-12-2-3-13(17)10-15(12)18)14-4-6-16(7-5-14)20-8-9-21-16/h2-3,10,14H,4-9,11H2,1H3. The van der Waals surface area contributed by atoms with Crippen molar-refractivity contribution >= 4 is 27.5 Å². The molecule has 2 fully saturated rings. The third kappa shape index (κ3) is 3.62. The molecule has 0 N–H and O–H groups in total. The first kappa shape index (κ1) is 15.8. The molecule has 1 aromatic rings. The molecule has 3 rings (SSSR count). The fourth-order valence-electron chi connectivity index (χ4n) is 3.32. The molecule has 0 atom stereocenters. The third-order valence-electron chi connectivity index (χ3n) is 4.59. The summed E-state index contributed by atoms with van der Waals surface area (Å²) in [6.07, 6.45) is 4.22. The van der Waals surface area contributed by atoms with E-state index in [4.69, 9.17) is 21.1 Å². The Hall–Kier alpha value is -0.130. The Morgan fingerprint density at radius 3 is 2.57 bits per heavy atom. The predicted octanol–water partition coefficient (Wildman–Crippen LogP) is 4.22. The Morgan fingerprint density at radius 2 is 1.95 bits per heavy atom. The van der Waals surface area contributed by atoms with E-state index in [9.17, 15) is 0 Å². The molecule has 21 heavy (non-hydrogen) atoms. The van der Waals surface area contributed by atoms with E-state index in [0.29, 0.717) is 6.04 Å². The number of ether oxygens (including phenoxy) is 2. The molecule has 3 nitrogen and oxygen atoms in total. The molecule has 1 saturated carbocycles. The van der Waals surface area contributed by atoms with Gasteiger partial charge in [-0.2, -0.15) is 0 Å². The van der Waals surface area contributed by atoms with Crippen molar-refractivity contribution in [2.75, 3.05) is 20.3 Å². The van der Waals surface area contributed by atoms with Gasteiger partial charge in [-0.25, -0.2) is 0 Å². The highest BCUT2D eigenvalue weighted by atomic mass is 79.9. The van der Waals surface area contributed by atoms with Gasteiger partial charge in [0.25, 0.3) is 0 Å². The summed E-state index contributed by atoms with van der Waals surface area (Å²) in [5.74, 6) is -0.271. The first-order chi connectivity index (χ1) is 10.1. The largest absolute Gasteiger partial charge is 0.348 e. The van der Waals surface area contributed by atoms with Crippen LogP contribution in [0.5, 0.6) is 0 Å². The highest BCUT2D eigenvalue weighted by Gasteiger charge is 2.41. The van der Waals surface area contributed by atoms with Crippen LogP contribution in [0.15, 0.2) is 22.7 Å². The summed E-state index contributed by atoms with van der Waals surface area (Å²) >= 11 is 9.76. The van der Waals surface area contributed by atoms with E-state index < -0.39 is 0 Å². The molecule has 0 bridgehead atoms. The van der Waals surface area contributed by atoms with E-state index >= 15 is 0 Å². The summed E-state index contributed by atoms with van der Waals surface area (Å²) in [4.78, 5) is 2.40. The molecule has 1 aliphatic carbocycles. The lowest BCUT2D eigenvalue weighted by atomic mass is 9.89. The summed E-state index contributed by atoms with van der Waals surface area (Å²) in [5, 5.41) is 0.825. The minimum Gasteiger partial charge on any atom is -0.348 e. The smallest absolute Gasteiger partial charge is 0.168 e. The van der Waals surface area contributed by atoms with Crippen LogP contribution < -0.4 is 0 Å². The average molecular weight is 375 g/mol. The quantitative estimate of drug-likeness (QED) is 0.790. The van der Waals surface area contributed by atoms with Crippen molar-refractivity contribution in [1.29, 1.82) is 0 Å². The van der Waals surface area contributed by atoms with Gasteiger partial charge in [0.2, 0.25) is 0 Å². The van der Waals surface area contributed by atoms with E-state index in [1.807, 2.05) is 12.1 Å². The topological polar surface area (TPSA) is 21.7 Å². The number of nitrogens with zero attached hydrogens (tertiary/aromatic N) is 1. The minimum absolute atomic E-state index is 0.271. The number of benzene rings is 1. The Balaban J connectivity index is 1.57. The van der Waals surface area contributed by atoms with Gasteiger partial charge in [0.05, 0.1) is 13.2 Å². The fraction of sp³-hybridized carbons (Fsp3) is 0.625. The summed E-state index contributed by atoms with van der Waals surface area (Å²) < 4.78 is 12.6. The summed E-state index contributed by atoms with van der Waals surface area (Å²) in [5.41, 5.74) is 1.18. The van der Waals surface area contributed by atoms with Gasteiger partial charge in [-0.3, -0.25) is 4.90 Å². The molecule has 0 unspecified atom stereocenters. The van der Waals surface area contributed by atoms with E-state index in [0.717, 1.165) is 54.9 Å². The molecular weight excluding hydrogens is 354 g/mol. The van der Waals surface area contributed by atoms with Crippen LogP contribution in [0, 0.1) is 0 Å². The van der Waals surface area contributed by atoms with Gasteiger partial charge in [-0.1, -0.05) is 33.6 Å². The molecule has 1 heterocycles. The van der Waals surface area contributed by atoms with Gasteiger partial charge in [0.15, 0.2) is 5.79 Å². The van der Waals surface area contributed by atoms with Crippen molar-refractivity contribution in [2.24, 2.45) is 0 Å². The summed E-state index contributed by atoms with van der Waals surface area (Å²) in [7, 11) is 2.18. The number of hydrogen-bond acceptors (Lipinski definition) is 3. The molecule has 1 aliphatic heterocycles. The van der Waals surface area contributed by atoms with Crippen molar-refractivity contribution < 1.29 is 9.47 Å². The highest BCUT2D eigenvalue weighted by molar-refractivity contribution is 9.10. The maximum Gasteiger partial charge on any atom is 0.168 e. The van der Waals surface area contributed by atoms with Crippen LogP contribution in [0.4, 0.5) is 0 Å². The third-order valence-corrected chi connectivity index (χ3v) is 5.43. The SMILES string of the molecule is CN(Cc1ccc(Br)cc1Cl)C1CCC2(CC1)OCCO2. The molecule has 1 aromatic carbocycles. The minimum atomic E-state index is -0.271. The van der Waals surface area contributed by atoms with Crippen LogP contribution in [-0.4, -0.2) is 37.0 Å². The summed E-state index contributed by atoms with van der Waals surface area (Å²) in [6, 6.07) is 6.67. The maximum atomic E-state index is 6.31. The van der Waals surface area contributed by atoms with Crippen LogP contribution in [0.25, 0.3) is 0 Å². The van der Waals surface area contributed by atoms with Gasteiger partial charge in [0.1, 0.15) is 0 Å². The molecule has 0 amide bonds. The second-order valence-corrected chi connectivity index (χ2v) is 7.31.